The summed E-state index contributed by atoms with van der Waals surface area (Å²) in [6.07, 6.45) is -0.989. The molecule has 1 aromatic rings. The highest BCUT2D eigenvalue weighted by molar-refractivity contribution is 6.62. The number of hydrogen-bond donors (Lipinski definition) is 2. The number of nitrogens with one attached hydrogen (secondary N) is 1. The van der Waals surface area contributed by atoms with Gasteiger partial charge in [0.1, 0.15) is 0 Å². The van der Waals surface area contributed by atoms with E-state index in [0.717, 1.165) is 11.2 Å². The molecule has 0 bridgehead atoms. The molecule has 140 valence electrons. The third-order valence-electron chi connectivity index (χ3n) is 5.49. The van der Waals surface area contributed by atoms with Crippen LogP contribution in [0.2, 0.25) is 0 Å². The van der Waals surface area contributed by atoms with Gasteiger partial charge in [0.25, 0.3) is 0 Å². The van der Waals surface area contributed by atoms with E-state index in [4.69, 9.17) is 14.4 Å². The monoisotopic (exact) mass is 360 g/mol. The molecule has 0 radical (unpaired) electrons. The summed E-state index contributed by atoms with van der Waals surface area (Å²) in [6.45, 7) is 10.0. The Morgan fingerprint density at radius 3 is 2.15 bits per heavy atom. The van der Waals surface area contributed by atoms with Crippen LogP contribution in [0.4, 0.5) is 10.5 Å². The van der Waals surface area contributed by atoms with Crippen molar-refractivity contribution >= 4 is 30.3 Å². The molecule has 0 saturated carbocycles. The Morgan fingerprint density at radius 2 is 1.65 bits per heavy atom. The average Bonchev–Trinajstić information content (AvgIpc) is 2.91. The summed E-state index contributed by atoms with van der Waals surface area (Å²) in [5.41, 5.74) is 0.00132. The zero-order valence-electron chi connectivity index (χ0n) is 15.8. The average molecular weight is 360 g/mol. The normalized spacial score (nSPS) is 27.0. The van der Waals surface area contributed by atoms with E-state index in [-0.39, 0.29) is 12.3 Å². The van der Waals surface area contributed by atoms with E-state index in [0.29, 0.717) is 6.54 Å². The van der Waals surface area contributed by atoms with Gasteiger partial charge in [0.2, 0.25) is 5.91 Å². The highest BCUT2D eigenvalue weighted by atomic mass is 16.7. The quantitative estimate of drug-likeness (QED) is 0.802. The number of rotatable bonds is 3. The first-order chi connectivity index (χ1) is 11.9. The molecule has 1 unspecified atom stereocenters. The Labute approximate surface area is 153 Å². The van der Waals surface area contributed by atoms with Gasteiger partial charge in [0.05, 0.1) is 23.2 Å². The third-order valence-corrected chi connectivity index (χ3v) is 5.49. The molecule has 1 atom stereocenters. The second kappa shape index (κ2) is 5.99. The second-order valence-corrected chi connectivity index (χ2v) is 8.33. The van der Waals surface area contributed by atoms with Gasteiger partial charge in [-0.25, -0.2) is 4.79 Å². The number of hydrogen-bond acceptors (Lipinski definition) is 4. The predicted octanol–water partition coefficient (Wildman–Crippen LogP) is 1.75. The fourth-order valence-electron chi connectivity index (χ4n) is 3.29. The van der Waals surface area contributed by atoms with Crippen molar-refractivity contribution in [3.63, 3.8) is 0 Å². The van der Waals surface area contributed by atoms with E-state index < -0.39 is 30.0 Å². The lowest BCUT2D eigenvalue weighted by Gasteiger charge is -2.32. The maximum Gasteiger partial charge on any atom is 0.494 e. The Hall–Kier alpha value is -2.06. The fourth-order valence-corrected chi connectivity index (χ4v) is 3.29. The second-order valence-electron chi connectivity index (χ2n) is 8.33. The SMILES string of the molecule is CC1(NC(=O)O)CC(=O)N(c2ccc(B3OC(C)(C)C(C)(C)O3)cc2)C1. The molecule has 0 spiro atoms. The van der Waals surface area contributed by atoms with Crippen molar-refractivity contribution in [2.45, 2.75) is 57.8 Å². The van der Waals surface area contributed by atoms with E-state index in [9.17, 15) is 9.59 Å². The number of nitrogens with zero attached hydrogens (tertiary/aromatic N) is 1. The zero-order valence-corrected chi connectivity index (χ0v) is 15.8. The molecule has 26 heavy (non-hydrogen) atoms. The molecule has 7 nitrogen and oxygen atoms in total. The highest BCUT2D eigenvalue weighted by Gasteiger charge is 2.51. The summed E-state index contributed by atoms with van der Waals surface area (Å²) in [4.78, 5) is 24.9. The van der Waals surface area contributed by atoms with E-state index in [1.165, 1.54) is 0 Å². The summed E-state index contributed by atoms with van der Waals surface area (Å²) >= 11 is 0. The van der Waals surface area contributed by atoms with Gasteiger partial charge in [-0.05, 0) is 52.2 Å². The number of anilines is 1. The van der Waals surface area contributed by atoms with Crippen molar-refractivity contribution in [2.24, 2.45) is 0 Å². The van der Waals surface area contributed by atoms with Gasteiger partial charge in [0.15, 0.2) is 0 Å². The van der Waals surface area contributed by atoms with Crippen LogP contribution in [0.1, 0.15) is 41.0 Å². The van der Waals surface area contributed by atoms with E-state index >= 15 is 0 Å². The Balaban J connectivity index is 1.75. The molecule has 2 N–H and O–H groups in total. The molecular weight excluding hydrogens is 335 g/mol. The number of carboxylic acid groups (broad SMARTS) is 1. The summed E-state index contributed by atoms with van der Waals surface area (Å²) in [7, 11) is -0.456. The van der Waals surface area contributed by atoms with Gasteiger partial charge in [-0.3, -0.25) is 4.79 Å². The smallest absolute Gasteiger partial charge is 0.465 e. The molecule has 2 saturated heterocycles. The van der Waals surface area contributed by atoms with Crippen LogP contribution in [0, 0.1) is 0 Å². The largest absolute Gasteiger partial charge is 0.494 e. The minimum Gasteiger partial charge on any atom is -0.465 e. The number of carbonyl (C=O) groups excluding carboxylic acids is 1. The molecule has 2 aliphatic heterocycles. The minimum absolute atomic E-state index is 0.107. The number of benzene rings is 1. The van der Waals surface area contributed by atoms with Crippen molar-refractivity contribution in [1.29, 1.82) is 0 Å². The lowest BCUT2D eigenvalue weighted by atomic mass is 9.79. The first kappa shape index (κ1) is 18.7. The maximum atomic E-state index is 12.3. The fraction of sp³-hybridized carbons (Fsp3) is 0.556. The summed E-state index contributed by atoms with van der Waals surface area (Å²) < 4.78 is 12.1. The van der Waals surface area contributed by atoms with Gasteiger partial charge in [-0.2, -0.15) is 0 Å². The van der Waals surface area contributed by atoms with E-state index in [2.05, 4.69) is 5.32 Å². The predicted molar refractivity (Wildman–Crippen MR) is 98.7 cm³/mol. The van der Waals surface area contributed by atoms with Crippen LogP contribution in [0.15, 0.2) is 24.3 Å². The number of carbonyl (C=O) groups is 2. The van der Waals surface area contributed by atoms with Crippen LogP contribution in [0.3, 0.4) is 0 Å². The number of amides is 2. The molecule has 2 fully saturated rings. The molecule has 0 aromatic heterocycles. The lowest BCUT2D eigenvalue weighted by molar-refractivity contribution is -0.117. The topological polar surface area (TPSA) is 88.1 Å². The van der Waals surface area contributed by atoms with Crippen LogP contribution in [0.5, 0.6) is 0 Å². The van der Waals surface area contributed by atoms with Crippen LogP contribution < -0.4 is 15.7 Å². The van der Waals surface area contributed by atoms with Crippen molar-refractivity contribution in [3.8, 4) is 0 Å². The van der Waals surface area contributed by atoms with E-state index in [1.54, 1.807) is 11.8 Å². The van der Waals surface area contributed by atoms with Crippen molar-refractivity contribution in [1.82, 2.24) is 5.32 Å². The molecule has 1 aromatic carbocycles. The lowest BCUT2D eigenvalue weighted by Crippen LogP contribution is -2.47. The molecular formula is C18H25BN2O5. The molecule has 8 heteroatoms. The van der Waals surface area contributed by atoms with Crippen molar-refractivity contribution < 1.29 is 24.0 Å². The Bertz CT molecular complexity index is 718. The first-order valence-corrected chi connectivity index (χ1v) is 8.70. The molecule has 3 rings (SSSR count). The van der Waals surface area contributed by atoms with Crippen molar-refractivity contribution in [3.05, 3.63) is 24.3 Å². The van der Waals surface area contributed by atoms with Gasteiger partial charge in [-0.15, -0.1) is 0 Å². The van der Waals surface area contributed by atoms with Crippen LogP contribution in [-0.4, -0.2) is 47.5 Å². The van der Waals surface area contributed by atoms with Crippen LogP contribution in [-0.2, 0) is 14.1 Å². The molecule has 2 amide bonds. The summed E-state index contributed by atoms with van der Waals surface area (Å²) in [6, 6.07) is 7.44. The van der Waals surface area contributed by atoms with Gasteiger partial charge in [0, 0.05) is 12.2 Å². The van der Waals surface area contributed by atoms with Gasteiger partial charge in [-0.1, -0.05) is 12.1 Å². The molecule has 2 aliphatic rings. The maximum absolute atomic E-state index is 12.3. The van der Waals surface area contributed by atoms with Crippen LogP contribution in [0.25, 0.3) is 0 Å². The third kappa shape index (κ3) is 3.31. The first-order valence-electron chi connectivity index (χ1n) is 8.70. The van der Waals surface area contributed by atoms with Gasteiger partial charge >= 0.3 is 13.2 Å². The minimum atomic E-state index is -1.13. The standard InChI is InChI=1S/C18H25BN2O5/c1-16(2)17(3,4)26-19(25-16)12-6-8-13(9-7-12)21-11-18(5,10-14(21)22)20-15(23)24/h6-9,20H,10-11H2,1-5H3,(H,23,24). The molecule has 0 aliphatic carbocycles. The summed E-state index contributed by atoms with van der Waals surface area (Å²) in [5, 5.41) is 11.4. The van der Waals surface area contributed by atoms with Crippen LogP contribution >= 0.6 is 0 Å². The van der Waals surface area contributed by atoms with Gasteiger partial charge < -0.3 is 24.6 Å². The Morgan fingerprint density at radius 1 is 1.12 bits per heavy atom. The molecule has 2 heterocycles. The summed E-state index contributed by atoms with van der Waals surface area (Å²) in [5.74, 6) is -0.107. The Kier molecular flexibility index (Phi) is 4.32. The van der Waals surface area contributed by atoms with Crippen molar-refractivity contribution in [2.75, 3.05) is 11.4 Å². The highest BCUT2D eigenvalue weighted by Crippen LogP contribution is 2.36. The zero-order chi connectivity index (χ0) is 19.3. The van der Waals surface area contributed by atoms with E-state index in [1.807, 2.05) is 52.0 Å².